The van der Waals surface area contributed by atoms with Crippen LogP contribution in [0.15, 0.2) is 206 Å². The molecule has 1 aliphatic rings. The molecule has 3 aromatic heterocycles. The van der Waals surface area contributed by atoms with Gasteiger partial charge in [0.1, 0.15) is 0 Å². The molecule has 1 aliphatic carbocycles. The van der Waals surface area contributed by atoms with E-state index in [1.54, 1.807) is 0 Å². The maximum absolute atomic E-state index is 5.42. The monoisotopic (exact) mass is 820 g/mol. The molecule has 0 unspecified atom stereocenters. The number of aromatic nitrogens is 6. The summed E-state index contributed by atoms with van der Waals surface area (Å²) in [6.45, 7) is 4.69. The zero-order chi connectivity index (χ0) is 42.8. The lowest BCUT2D eigenvalue weighted by Crippen LogP contribution is -2.14. The van der Waals surface area contributed by atoms with Crippen LogP contribution in [-0.4, -0.2) is 29.5 Å². The summed E-state index contributed by atoms with van der Waals surface area (Å²) < 4.78 is 2.42. The minimum absolute atomic E-state index is 0.138. The van der Waals surface area contributed by atoms with Crippen molar-refractivity contribution in [3.8, 4) is 84.9 Å². The fraction of sp³-hybridized carbons (Fsp3) is 0.0517. The van der Waals surface area contributed by atoms with Gasteiger partial charge in [-0.1, -0.05) is 184 Å². The van der Waals surface area contributed by atoms with E-state index in [-0.39, 0.29) is 5.41 Å². The van der Waals surface area contributed by atoms with Crippen LogP contribution >= 0.6 is 0 Å². The van der Waals surface area contributed by atoms with Gasteiger partial charge in [-0.15, -0.1) is 0 Å². The predicted molar refractivity (Wildman–Crippen MR) is 260 cm³/mol. The van der Waals surface area contributed by atoms with Crippen LogP contribution in [0.4, 0.5) is 0 Å². The molecular weight excluding hydrogens is 781 g/mol. The molecule has 64 heavy (non-hydrogen) atoms. The molecule has 0 bridgehead atoms. The molecular formula is C58H40N6. The highest BCUT2D eigenvalue weighted by Gasteiger charge is 2.37. The van der Waals surface area contributed by atoms with E-state index >= 15 is 0 Å². The molecule has 0 saturated heterocycles. The summed E-state index contributed by atoms with van der Waals surface area (Å²) in [6.07, 6.45) is 0. The standard InChI is InChI=1S/C58H40N6/c1-58(2)45-29-17-15-27-42(45)52-46(58)32-34-51-53(52)43-28-16-18-30-49(43)64(51)50-33-31-41(57-62-55(39-23-11-5-12-24-39)61-56(63-57)40-25-13-6-14-26-40)35-44(50)48-36-47(37-19-7-3-8-20-37)59-54(60-48)38-21-9-4-10-22-38/h3-36H,1-2H3. The minimum atomic E-state index is -0.138. The molecule has 0 fully saturated rings. The van der Waals surface area contributed by atoms with Gasteiger partial charge in [0.05, 0.1) is 28.1 Å². The Morgan fingerprint density at radius 1 is 0.359 bits per heavy atom. The van der Waals surface area contributed by atoms with Crippen molar-refractivity contribution in [2.75, 3.05) is 0 Å². The highest BCUT2D eigenvalue weighted by atomic mass is 15.0. The SMILES string of the molecule is CC1(C)c2ccccc2-c2c1ccc1c2c2ccccc2n1-c1ccc(-c2nc(-c3ccccc3)nc(-c3ccccc3)n2)cc1-c1cc(-c2ccccc2)nc(-c2ccccc2)n1. The van der Waals surface area contributed by atoms with Gasteiger partial charge >= 0.3 is 0 Å². The average molecular weight is 821 g/mol. The first-order valence-corrected chi connectivity index (χ1v) is 21.7. The summed E-state index contributed by atoms with van der Waals surface area (Å²) in [7, 11) is 0. The molecule has 302 valence electrons. The van der Waals surface area contributed by atoms with Crippen LogP contribution in [0.5, 0.6) is 0 Å². The first-order valence-electron chi connectivity index (χ1n) is 21.7. The summed E-state index contributed by atoms with van der Waals surface area (Å²) >= 11 is 0. The van der Waals surface area contributed by atoms with Crippen LogP contribution < -0.4 is 0 Å². The summed E-state index contributed by atoms with van der Waals surface area (Å²) in [5, 5.41) is 2.45. The molecule has 0 aliphatic heterocycles. The number of para-hydroxylation sites is 1. The third kappa shape index (κ3) is 6.14. The molecule has 6 nitrogen and oxygen atoms in total. The summed E-state index contributed by atoms with van der Waals surface area (Å²) in [6, 6.07) is 71.8. The van der Waals surface area contributed by atoms with Crippen molar-refractivity contribution in [1.29, 1.82) is 0 Å². The molecule has 6 heteroatoms. The lowest BCUT2D eigenvalue weighted by molar-refractivity contribution is 0.661. The van der Waals surface area contributed by atoms with Crippen LogP contribution in [0.2, 0.25) is 0 Å². The predicted octanol–water partition coefficient (Wildman–Crippen LogP) is 14.1. The Morgan fingerprint density at radius 3 is 1.52 bits per heavy atom. The Balaban J connectivity index is 1.17. The third-order valence-electron chi connectivity index (χ3n) is 12.7. The van der Waals surface area contributed by atoms with Gasteiger partial charge in [-0.25, -0.2) is 24.9 Å². The van der Waals surface area contributed by atoms with Crippen molar-refractivity contribution >= 4 is 21.8 Å². The number of hydrogen-bond acceptors (Lipinski definition) is 5. The van der Waals surface area contributed by atoms with Gasteiger partial charge in [0, 0.05) is 49.6 Å². The van der Waals surface area contributed by atoms with Crippen molar-refractivity contribution in [2.24, 2.45) is 0 Å². The lowest BCUT2D eigenvalue weighted by atomic mass is 9.82. The third-order valence-corrected chi connectivity index (χ3v) is 12.7. The Hall–Kier alpha value is -8.35. The molecule has 0 saturated carbocycles. The van der Waals surface area contributed by atoms with Gasteiger partial charge in [-0.3, -0.25) is 0 Å². The number of nitrogens with zero attached hydrogens (tertiary/aromatic N) is 6. The largest absolute Gasteiger partial charge is 0.309 e. The maximum Gasteiger partial charge on any atom is 0.164 e. The van der Waals surface area contributed by atoms with Crippen LogP contribution in [0.1, 0.15) is 25.0 Å². The van der Waals surface area contributed by atoms with E-state index in [1.165, 1.54) is 33.0 Å². The molecule has 0 atom stereocenters. The van der Waals surface area contributed by atoms with E-state index in [2.05, 4.69) is 140 Å². The Morgan fingerprint density at radius 2 is 0.875 bits per heavy atom. The van der Waals surface area contributed by atoms with Crippen molar-refractivity contribution < 1.29 is 0 Å². The molecule has 8 aromatic carbocycles. The van der Waals surface area contributed by atoms with E-state index in [0.29, 0.717) is 23.3 Å². The number of rotatable bonds is 7. The van der Waals surface area contributed by atoms with Gasteiger partial charge in [0.25, 0.3) is 0 Å². The zero-order valence-corrected chi connectivity index (χ0v) is 35.3. The Bertz CT molecular complexity index is 3450. The van der Waals surface area contributed by atoms with E-state index in [0.717, 1.165) is 61.5 Å². The second kappa shape index (κ2) is 14.9. The van der Waals surface area contributed by atoms with Gasteiger partial charge < -0.3 is 4.57 Å². The van der Waals surface area contributed by atoms with Crippen LogP contribution in [0.3, 0.4) is 0 Å². The topological polar surface area (TPSA) is 69.4 Å². The van der Waals surface area contributed by atoms with Crippen molar-refractivity contribution in [3.05, 3.63) is 217 Å². The van der Waals surface area contributed by atoms with Gasteiger partial charge in [-0.2, -0.15) is 0 Å². The van der Waals surface area contributed by atoms with Gasteiger partial charge in [0.15, 0.2) is 23.3 Å². The highest BCUT2D eigenvalue weighted by Crippen LogP contribution is 2.53. The molecule has 0 spiro atoms. The summed E-state index contributed by atoms with van der Waals surface area (Å²) in [5.74, 6) is 2.42. The van der Waals surface area contributed by atoms with Crippen molar-refractivity contribution in [2.45, 2.75) is 19.3 Å². The van der Waals surface area contributed by atoms with Crippen LogP contribution in [0, 0.1) is 0 Å². The zero-order valence-electron chi connectivity index (χ0n) is 35.3. The minimum Gasteiger partial charge on any atom is -0.309 e. The molecule has 3 heterocycles. The Labute approximate surface area is 371 Å². The molecule has 11 aromatic rings. The molecule has 0 N–H and O–H groups in total. The normalized spacial score (nSPS) is 12.7. The van der Waals surface area contributed by atoms with Crippen LogP contribution in [-0.2, 0) is 5.41 Å². The smallest absolute Gasteiger partial charge is 0.164 e. The summed E-state index contributed by atoms with van der Waals surface area (Å²) in [5.41, 5.74) is 15.5. The second-order valence-corrected chi connectivity index (χ2v) is 16.9. The number of benzene rings is 8. The molecule has 0 amide bonds. The van der Waals surface area contributed by atoms with Crippen molar-refractivity contribution in [3.63, 3.8) is 0 Å². The first kappa shape index (κ1) is 37.4. The fourth-order valence-electron chi connectivity index (χ4n) is 9.58. The molecule has 12 rings (SSSR count). The average Bonchev–Trinajstić information content (AvgIpc) is 3.82. The fourth-order valence-corrected chi connectivity index (χ4v) is 9.58. The van der Waals surface area contributed by atoms with Crippen LogP contribution in [0.25, 0.3) is 107 Å². The van der Waals surface area contributed by atoms with E-state index in [4.69, 9.17) is 24.9 Å². The van der Waals surface area contributed by atoms with Gasteiger partial charge in [0.2, 0.25) is 0 Å². The van der Waals surface area contributed by atoms with E-state index in [9.17, 15) is 0 Å². The number of hydrogen-bond donors (Lipinski definition) is 0. The number of fused-ring (bicyclic) bond motifs is 7. The quantitative estimate of drug-likeness (QED) is 0.160. The van der Waals surface area contributed by atoms with Gasteiger partial charge in [-0.05, 0) is 58.7 Å². The van der Waals surface area contributed by atoms with E-state index < -0.39 is 0 Å². The highest BCUT2D eigenvalue weighted by molar-refractivity contribution is 6.18. The van der Waals surface area contributed by atoms with E-state index in [1.807, 2.05) is 84.9 Å². The first-order chi connectivity index (χ1) is 31.5. The lowest BCUT2D eigenvalue weighted by Gasteiger charge is -2.21. The molecule has 0 radical (unpaired) electrons. The Kier molecular flexibility index (Phi) is 8.73. The second-order valence-electron chi connectivity index (χ2n) is 16.9. The summed E-state index contributed by atoms with van der Waals surface area (Å²) in [4.78, 5) is 26.0. The van der Waals surface area contributed by atoms with Crippen molar-refractivity contribution in [1.82, 2.24) is 29.5 Å². The maximum atomic E-state index is 5.42.